The monoisotopic (exact) mass is 203 g/mol. The average molecular weight is 203 g/mol. The molecule has 0 radical (unpaired) electrons. The number of aldehydes is 1. The number of hydrogen-bond acceptors (Lipinski definition) is 2. The van der Waals surface area contributed by atoms with Gasteiger partial charge in [-0.05, 0) is 30.9 Å². The van der Waals surface area contributed by atoms with Crippen LogP contribution in [0.1, 0.15) is 33.6 Å². The average Bonchev–Trinajstić information content (AvgIpc) is 3.10. The van der Waals surface area contributed by atoms with E-state index in [4.69, 9.17) is 0 Å². The standard InChI is InChI=1S/C12H13NO2/c14-8-10-2-1-3-11(6-10)12(15)13-7-9-4-5-9/h1-3,6,8-9H,4-5,7H2,(H,13,15). The van der Waals surface area contributed by atoms with Crippen molar-refractivity contribution < 1.29 is 9.59 Å². The van der Waals surface area contributed by atoms with E-state index >= 15 is 0 Å². The number of nitrogens with one attached hydrogen (secondary N) is 1. The zero-order valence-electron chi connectivity index (χ0n) is 8.40. The first kappa shape index (κ1) is 9.90. The smallest absolute Gasteiger partial charge is 0.251 e. The Kier molecular flexibility index (Phi) is 2.81. The highest BCUT2D eigenvalue weighted by Gasteiger charge is 2.21. The maximum atomic E-state index is 11.6. The number of carbonyl (C=O) groups is 2. The number of carbonyl (C=O) groups excluding carboxylic acids is 2. The predicted octanol–water partition coefficient (Wildman–Crippen LogP) is 1.64. The fourth-order valence-electron chi connectivity index (χ4n) is 1.41. The fourth-order valence-corrected chi connectivity index (χ4v) is 1.41. The summed E-state index contributed by atoms with van der Waals surface area (Å²) in [7, 11) is 0. The van der Waals surface area contributed by atoms with Crippen LogP contribution in [0.15, 0.2) is 24.3 Å². The number of hydrogen-bond donors (Lipinski definition) is 1. The van der Waals surface area contributed by atoms with E-state index in [9.17, 15) is 9.59 Å². The summed E-state index contributed by atoms with van der Waals surface area (Å²) in [5, 5.41) is 2.86. The van der Waals surface area contributed by atoms with Crippen LogP contribution in [0.25, 0.3) is 0 Å². The topological polar surface area (TPSA) is 46.2 Å². The molecule has 78 valence electrons. The lowest BCUT2D eigenvalue weighted by Gasteiger charge is -2.03. The first-order chi connectivity index (χ1) is 7.29. The van der Waals surface area contributed by atoms with Gasteiger partial charge in [0.15, 0.2) is 0 Å². The highest BCUT2D eigenvalue weighted by atomic mass is 16.1. The van der Waals surface area contributed by atoms with Gasteiger partial charge in [-0.25, -0.2) is 0 Å². The molecule has 0 heterocycles. The molecular weight excluding hydrogens is 190 g/mol. The van der Waals surface area contributed by atoms with Crippen LogP contribution < -0.4 is 5.32 Å². The van der Waals surface area contributed by atoms with Gasteiger partial charge in [-0.3, -0.25) is 9.59 Å². The Morgan fingerprint density at radius 3 is 2.93 bits per heavy atom. The van der Waals surface area contributed by atoms with Crippen LogP contribution in [0.2, 0.25) is 0 Å². The zero-order chi connectivity index (χ0) is 10.7. The van der Waals surface area contributed by atoms with Gasteiger partial charge in [0, 0.05) is 17.7 Å². The van der Waals surface area contributed by atoms with Crippen LogP contribution in [0.3, 0.4) is 0 Å². The van der Waals surface area contributed by atoms with Gasteiger partial charge < -0.3 is 5.32 Å². The molecular formula is C12H13NO2. The zero-order valence-corrected chi connectivity index (χ0v) is 8.40. The maximum Gasteiger partial charge on any atom is 0.251 e. The van der Waals surface area contributed by atoms with E-state index in [1.807, 2.05) is 0 Å². The molecule has 0 spiro atoms. The van der Waals surface area contributed by atoms with Gasteiger partial charge in [-0.15, -0.1) is 0 Å². The molecule has 3 heteroatoms. The molecule has 0 saturated heterocycles. The van der Waals surface area contributed by atoms with Crippen molar-refractivity contribution in [1.82, 2.24) is 5.32 Å². The summed E-state index contributed by atoms with van der Waals surface area (Å²) in [4.78, 5) is 22.1. The molecule has 1 amide bonds. The summed E-state index contributed by atoms with van der Waals surface area (Å²) >= 11 is 0. The van der Waals surface area contributed by atoms with Crippen molar-refractivity contribution >= 4 is 12.2 Å². The molecule has 0 aliphatic heterocycles. The van der Waals surface area contributed by atoms with Crippen LogP contribution >= 0.6 is 0 Å². The molecule has 0 unspecified atom stereocenters. The SMILES string of the molecule is O=Cc1cccc(C(=O)NCC2CC2)c1. The summed E-state index contributed by atoms with van der Waals surface area (Å²) in [6, 6.07) is 6.73. The van der Waals surface area contributed by atoms with Crippen LogP contribution in [0.4, 0.5) is 0 Å². The van der Waals surface area contributed by atoms with Crippen molar-refractivity contribution in [2.75, 3.05) is 6.54 Å². The molecule has 1 saturated carbocycles. The minimum Gasteiger partial charge on any atom is -0.352 e. The minimum atomic E-state index is -0.0920. The molecule has 1 fully saturated rings. The highest BCUT2D eigenvalue weighted by molar-refractivity contribution is 5.95. The third-order valence-electron chi connectivity index (χ3n) is 2.53. The van der Waals surface area contributed by atoms with Crippen molar-refractivity contribution in [3.05, 3.63) is 35.4 Å². The summed E-state index contributed by atoms with van der Waals surface area (Å²) in [6.07, 6.45) is 3.18. The van der Waals surface area contributed by atoms with Crippen molar-refractivity contribution in [2.24, 2.45) is 5.92 Å². The van der Waals surface area contributed by atoms with E-state index in [2.05, 4.69) is 5.32 Å². The van der Waals surface area contributed by atoms with Crippen LogP contribution in [0, 0.1) is 5.92 Å². The molecule has 1 N–H and O–H groups in total. The third kappa shape index (κ3) is 2.65. The minimum absolute atomic E-state index is 0.0920. The van der Waals surface area contributed by atoms with E-state index in [1.54, 1.807) is 24.3 Å². The molecule has 0 atom stereocenters. The quantitative estimate of drug-likeness (QED) is 0.756. The Bertz CT molecular complexity index is 383. The molecule has 1 aliphatic carbocycles. The molecule has 3 nitrogen and oxygen atoms in total. The van der Waals surface area contributed by atoms with Gasteiger partial charge in [0.1, 0.15) is 6.29 Å². The van der Waals surface area contributed by atoms with Crippen molar-refractivity contribution in [3.63, 3.8) is 0 Å². The van der Waals surface area contributed by atoms with E-state index in [-0.39, 0.29) is 5.91 Å². The molecule has 2 rings (SSSR count). The molecule has 0 aromatic heterocycles. The van der Waals surface area contributed by atoms with Gasteiger partial charge in [0.05, 0.1) is 0 Å². The Morgan fingerprint density at radius 2 is 2.27 bits per heavy atom. The Balaban J connectivity index is 1.99. The Hall–Kier alpha value is -1.64. The van der Waals surface area contributed by atoms with Crippen LogP contribution in [0.5, 0.6) is 0 Å². The van der Waals surface area contributed by atoms with Gasteiger partial charge >= 0.3 is 0 Å². The second kappa shape index (κ2) is 4.26. The normalized spacial score (nSPS) is 14.7. The van der Waals surface area contributed by atoms with Gasteiger partial charge in [0.25, 0.3) is 5.91 Å². The van der Waals surface area contributed by atoms with Gasteiger partial charge in [-0.1, -0.05) is 12.1 Å². The number of benzene rings is 1. The third-order valence-corrected chi connectivity index (χ3v) is 2.53. The lowest BCUT2D eigenvalue weighted by atomic mass is 10.1. The molecule has 1 aromatic rings. The summed E-state index contributed by atoms with van der Waals surface area (Å²) in [6.45, 7) is 0.754. The second-order valence-electron chi connectivity index (χ2n) is 3.90. The van der Waals surface area contributed by atoms with E-state index in [0.717, 1.165) is 12.8 Å². The maximum absolute atomic E-state index is 11.6. The lowest BCUT2D eigenvalue weighted by molar-refractivity contribution is 0.0952. The molecule has 1 aliphatic rings. The van der Waals surface area contributed by atoms with E-state index in [0.29, 0.717) is 17.0 Å². The summed E-state index contributed by atoms with van der Waals surface area (Å²) < 4.78 is 0. The van der Waals surface area contributed by atoms with Gasteiger partial charge in [-0.2, -0.15) is 0 Å². The van der Waals surface area contributed by atoms with Gasteiger partial charge in [0.2, 0.25) is 0 Å². The van der Waals surface area contributed by atoms with Crippen LogP contribution in [-0.2, 0) is 0 Å². The summed E-state index contributed by atoms with van der Waals surface area (Å²) in [5.74, 6) is 0.578. The predicted molar refractivity (Wildman–Crippen MR) is 56.9 cm³/mol. The summed E-state index contributed by atoms with van der Waals surface area (Å²) in [5.41, 5.74) is 1.09. The first-order valence-corrected chi connectivity index (χ1v) is 5.13. The number of rotatable bonds is 4. The van der Waals surface area contributed by atoms with Crippen molar-refractivity contribution in [3.8, 4) is 0 Å². The second-order valence-corrected chi connectivity index (χ2v) is 3.90. The lowest BCUT2D eigenvalue weighted by Crippen LogP contribution is -2.25. The Morgan fingerprint density at radius 1 is 1.47 bits per heavy atom. The Labute approximate surface area is 88.5 Å². The van der Waals surface area contributed by atoms with E-state index in [1.165, 1.54) is 12.8 Å². The molecule has 0 bridgehead atoms. The van der Waals surface area contributed by atoms with E-state index < -0.39 is 0 Å². The highest BCUT2D eigenvalue weighted by Crippen LogP contribution is 2.27. The molecule has 15 heavy (non-hydrogen) atoms. The first-order valence-electron chi connectivity index (χ1n) is 5.13. The fraction of sp³-hybridized carbons (Fsp3) is 0.333. The number of amides is 1. The van der Waals surface area contributed by atoms with Crippen molar-refractivity contribution in [1.29, 1.82) is 0 Å². The largest absolute Gasteiger partial charge is 0.352 e. The molecule has 1 aromatic carbocycles. The van der Waals surface area contributed by atoms with Crippen LogP contribution in [-0.4, -0.2) is 18.7 Å². The van der Waals surface area contributed by atoms with Crippen molar-refractivity contribution in [2.45, 2.75) is 12.8 Å².